The maximum atomic E-state index is 2.41. The molecule has 0 unspecified atom stereocenters. The van der Waals surface area contributed by atoms with Gasteiger partial charge in [-0.05, 0) is 163 Å². The van der Waals surface area contributed by atoms with Gasteiger partial charge in [0.05, 0.1) is 0 Å². The van der Waals surface area contributed by atoms with E-state index in [1.54, 1.807) is 0 Å². The number of aryl methyl sites for hydroxylation is 3. The van der Waals surface area contributed by atoms with E-state index in [9.17, 15) is 0 Å². The van der Waals surface area contributed by atoms with Crippen molar-refractivity contribution >= 4 is 102 Å². The summed E-state index contributed by atoms with van der Waals surface area (Å²) in [6.07, 6.45) is 3.27. The maximum absolute atomic E-state index is 2.41. The summed E-state index contributed by atoms with van der Waals surface area (Å²) in [6.45, 7) is 6.70. The van der Waals surface area contributed by atoms with Crippen LogP contribution in [0.15, 0.2) is 127 Å². The van der Waals surface area contributed by atoms with Crippen molar-refractivity contribution in [2.24, 2.45) is 0 Å². The molecule has 9 heterocycles. The summed E-state index contributed by atoms with van der Waals surface area (Å²) < 4.78 is 0. The van der Waals surface area contributed by atoms with E-state index in [0.29, 0.717) is 0 Å². The van der Waals surface area contributed by atoms with Crippen molar-refractivity contribution < 1.29 is 0 Å². The van der Waals surface area contributed by atoms with Crippen LogP contribution < -0.4 is 0 Å². The minimum absolute atomic E-state index is 1.09. The summed E-state index contributed by atoms with van der Waals surface area (Å²) in [6, 6.07) is 48.6. The Labute approximate surface area is 370 Å². The summed E-state index contributed by atoms with van der Waals surface area (Å²) in [5.74, 6) is 0. The fraction of sp³-hybridized carbons (Fsp3) is 0.125. The zero-order chi connectivity index (χ0) is 38.5. The summed E-state index contributed by atoms with van der Waals surface area (Å²) in [5, 5.41) is 0. The number of hydrogen-bond donors (Lipinski definition) is 0. The van der Waals surface area contributed by atoms with Gasteiger partial charge in [-0.15, -0.1) is 102 Å². The van der Waals surface area contributed by atoms with Gasteiger partial charge in [-0.2, -0.15) is 0 Å². The Morgan fingerprint density at radius 1 is 0.228 bits per heavy atom. The molecule has 0 aliphatic rings. The molecule has 0 fully saturated rings. The molecular weight excluding hydrogens is 865 g/mol. The Morgan fingerprint density at radius 3 is 0.614 bits per heavy atom. The minimum atomic E-state index is 1.09. The van der Waals surface area contributed by atoms with Gasteiger partial charge < -0.3 is 0 Å². The van der Waals surface area contributed by atoms with Crippen LogP contribution in [0.3, 0.4) is 0 Å². The Morgan fingerprint density at radius 2 is 0.404 bits per heavy atom. The Balaban J connectivity index is 0.993. The summed E-state index contributed by atoms with van der Waals surface area (Å²) in [7, 11) is 0. The monoisotopic (exact) mass is 900 g/mol. The van der Waals surface area contributed by atoms with Crippen molar-refractivity contribution in [3.63, 3.8) is 0 Å². The van der Waals surface area contributed by atoms with Crippen LogP contribution in [0.1, 0.15) is 35.4 Å². The lowest BCUT2D eigenvalue weighted by Crippen LogP contribution is -1.81. The smallest absolute Gasteiger partial charge is 0.0449 e. The molecule has 0 N–H and O–H groups in total. The van der Waals surface area contributed by atoms with Crippen molar-refractivity contribution in [1.82, 2.24) is 0 Å². The van der Waals surface area contributed by atoms with E-state index in [0.717, 1.165) is 19.3 Å². The Hall–Kier alpha value is -3.48. The van der Waals surface area contributed by atoms with Gasteiger partial charge in [-0.3, -0.25) is 0 Å². The van der Waals surface area contributed by atoms with Gasteiger partial charge in [0.1, 0.15) is 0 Å². The summed E-state index contributed by atoms with van der Waals surface area (Å²) >= 11 is 17.2. The fourth-order valence-electron chi connectivity index (χ4n) is 6.84. The Kier molecular flexibility index (Phi) is 10.8. The maximum Gasteiger partial charge on any atom is 0.0449 e. The molecule has 1 aromatic carbocycles. The zero-order valence-electron chi connectivity index (χ0n) is 31.4. The molecule has 0 saturated carbocycles. The SMILES string of the molecule is CCc1ccc(-c2ccc(-c3ccc(-c4cc(-c5ccc(-c6ccc(-c7ccc(CC)s7)s6)s5)cc(-c5ccc(-c6ccc(-c7ccc(CC)s7)s6)s5)c4)s3)s2)s1. The fourth-order valence-corrected chi connectivity index (χ4v) is 16.2. The molecule has 10 aromatic rings. The van der Waals surface area contributed by atoms with E-state index < -0.39 is 0 Å². The van der Waals surface area contributed by atoms with Crippen molar-refractivity contribution in [1.29, 1.82) is 0 Å². The molecule has 0 aliphatic carbocycles. The second kappa shape index (κ2) is 16.3. The molecule has 0 spiro atoms. The highest BCUT2D eigenvalue weighted by atomic mass is 32.1. The van der Waals surface area contributed by atoms with Crippen LogP contribution >= 0.6 is 102 Å². The van der Waals surface area contributed by atoms with Gasteiger partial charge in [0.15, 0.2) is 0 Å². The number of rotatable bonds is 12. The van der Waals surface area contributed by atoms with E-state index in [1.807, 2.05) is 102 Å². The minimum Gasteiger partial charge on any atom is -0.139 e. The third kappa shape index (κ3) is 7.75. The van der Waals surface area contributed by atoms with Crippen molar-refractivity contribution in [2.75, 3.05) is 0 Å². The largest absolute Gasteiger partial charge is 0.139 e. The lowest BCUT2D eigenvalue weighted by Gasteiger charge is -2.07. The molecule has 0 saturated heterocycles. The van der Waals surface area contributed by atoms with Gasteiger partial charge in [0.25, 0.3) is 0 Å². The number of thiophene rings is 9. The van der Waals surface area contributed by atoms with E-state index >= 15 is 0 Å². The molecule has 0 atom stereocenters. The number of benzene rings is 1. The van der Waals surface area contributed by atoms with Crippen LogP contribution in [0.4, 0.5) is 0 Å². The van der Waals surface area contributed by atoms with Gasteiger partial charge in [0.2, 0.25) is 0 Å². The predicted octanol–water partition coefficient (Wildman–Crippen LogP) is 18.9. The topological polar surface area (TPSA) is 0 Å². The third-order valence-electron chi connectivity index (χ3n) is 9.91. The lowest BCUT2D eigenvalue weighted by molar-refractivity contribution is 1.19. The molecule has 0 aliphatic heterocycles. The summed E-state index contributed by atoms with van der Waals surface area (Å²) in [5.41, 5.74) is 3.82. The van der Waals surface area contributed by atoms with Crippen molar-refractivity contribution in [3.05, 3.63) is 142 Å². The van der Waals surface area contributed by atoms with Crippen LogP contribution in [-0.4, -0.2) is 0 Å². The highest BCUT2D eigenvalue weighted by molar-refractivity contribution is 7.29. The Bertz CT molecular complexity index is 2620. The molecule has 0 nitrogen and oxygen atoms in total. The molecule has 0 bridgehead atoms. The van der Waals surface area contributed by atoms with E-state index in [-0.39, 0.29) is 0 Å². The average molecular weight is 901 g/mol. The molecule has 9 heteroatoms. The zero-order valence-corrected chi connectivity index (χ0v) is 38.8. The van der Waals surface area contributed by atoms with Crippen molar-refractivity contribution in [2.45, 2.75) is 40.0 Å². The van der Waals surface area contributed by atoms with E-state index in [2.05, 4.69) is 148 Å². The van der Waals surface area contributed by atoms with Crippen LogP contribution in [0, 0.1) is 0 Å². The number of hydrogen-bond acceptors (Lipinski definition) is 9. The third-order valence-corrected chi connectivity index (χ3v) is 21.4. The quantitative estimate of drug-likeness (QED) is 0.115. The second-order valence-corrected chi connectivity index (χ2v) is 23.6. The van der Waals surface area contributed by atoms with Gasteiger partial charge in [-0.25, -0.2) is 0 Å². The molecular formula is C48H36S9. The first-order valence-electron chi connectivity index (χ1n) is 19.0. The molecule has 0 radical (unpaired) electrons. The highest BCUT2D eigenvalue weighted by Gasteiger charge is 2.17. The molecule has 0 amide bonds. The molecule has 282 valence electrons. The predicted molar refractivity (Wildman–Crippen MR) is 264 cm³/mol. The molecule has 57 heavy (non-hydrogen) atoms. The lowest BCUT2D eigenvalue weighted by atomic mass is 10.0. The highest BCUT2D eigenvalue weighted by Crippen LogP contribution is 2.47. The van der Waals surface area contributed by atoms with Gasteiger partial charge >= 0.3 is 0 Å². The van der Waals surface area contributed by atoms with E-state index in [1.165, 1.54) is 104 Å². The second-order valence-electron chi connectivity index (χ2n) is 13.6. The first-order chi connectivity index (χ1) is 28.0. The van der Waals surface area contributed by atoms with Crippen LogP contribution in [0.5, 0.6) is 0 Å². The van der Waals surface area contributed by atoms with Crippen LogP contribution in [0.2, 0.25) is 0 Å². The molecule has 9 aromatic heterocycles. The van der Waals surface area contributed by atoms with Crippen molar-refractivity contribution in [3.8, 4) is 89.8 Å². The van der Waals surface area contributed by atoms with Crippen LogP contribution in [-0.2, 0) is 19.3 Å². The van der Waals surface area contributed by atoms with E-state index in [4.69, 9.17) is 0 Å². The van der Waals surface area contributed by atoms with Gasteiger partial charge in [-0.1, -0.05) is 20.8 Å². The normalized spacial score (nSPS) is 11.6. The molecule has 10 rings (SSSR count). The van der Waals surface area contributed by atoms with Gasteiger partial charge in [0, 0.05) is 87.8 Å². The van der Waals surface area contributed by atoms with Crippen LogP contribution in [0.25, 0.3) is 89.8 Å². The summed E-state index contributed by atoms with van der Waals surface area (Å²) in [4.78, 5) is 24.4. The average Bonchev–Trinajstić information content (AvgIpc) is 4.09. The first-order valence-corrected chi connectivity index (χ1v) is 26.4. The first kappa shape index (κ1) is 37.8. The standard InChI is InChI=1S/C48H36S9/c1-4-31-7-10-37(49-31)40-19-22-46(55-40)43-16-13-34(52-43)28-25-29(35-14-17-44(53-35)47-23-20-41(56-47)38-11-8-32(5-2)50-38)27-30(26-28)36-15-18-45(54-36)48-24-21-42(57-48)39-12-9-33(6-3)51-39/h7-27H,4-6H2,1-3H3.